The highest BCUT2D eigenvalue weighted by molar-refractivity contribution is 7.06. The number of hydrogen-bond acceptors (Lipinski definition) is 8. The van der Waals surface area contributed by atoms with E-state index in [1.165, 1.54) is 6.20 Å². The normalized spacial score (nSPS) is 18.5. The molecule has 0 radical (unpaired) electrons. The first-order chi connectivity index (χ1) is 16.2. The monoisotopic (exact) mass is 496 g/mol. The summed E-state index contributed by atoms with van der Waals surface area (Å²) in [6, 6.07) is 3.13. The van der Waals surface area contributed by atoms with Gasteiger partial charge in [0.2, 0.25) is 5.88 Å². The fourth-order valence-electron chi connectivity index (χ4n) is 3.39. The maximum absolute atomic E-state index is 13.9. The van der Waals surface area contributed by atoms with Crippen molar-refractivity contribution in [2.24, 2.45) is 0 Å². The van der Waals surface area contributed by atoms with Gasteiger partial charge in [0.15, 0.2) is 5.69 Å². The van der Waals surface area contributed by atoms with E-state index in [0.717, 1.165) is 17.7 Å². The number of rotatable bonds is 6. The van der Waals surface area contributed by atoms with Crippen LogP contribution in [0.5, 0.6) is 5.88 Å². The van der Waals surface area contributed by atoms with E-state index < -0.39 is 30.1 Å². The van der Waals surface area contributed by atoms with Crippen LogP contribution in [0, 0.1) is 6.92 Å². The fraction of sp³-hybridized carbons (Fsp3) is 0.381. The molecule has 34 heavy (non-hydrogen) atoms. The van der Waals surface area contributed by atoms with Crippen molar-refractivity contribution in [3.63, 3.8) is 0 Å². The number of aryl methyl sites for hydroxylation is 1. The predicted molar refractivity (Wildman–Crippen MR) is 116 cm³/mol. The van der Waals surface area contributed by atoms with E-state index >= 15 is 0 Å². The highest BCUT2D eigenvalue weighted by Gasteiger charge is 2.33. The number of piperidine rings is 1. The quantitative estimate of drug-likeness (QED) is 0.503. The van der Waals surface area contributed by atoms with Crippen LogP contribution in [0.1, 0.15) is 38.7 Å². The summed E-state index contributed by atoms with van der Waals surface area (Å²) in [6.07, 6.45) is -2.56. The standard InChI is InChI=1S/C21H20F4N6O2S/c1-11-19(16(34-31-11)6-13-8-28-17(10-27-13)21(23,24)25)20(32)30-12-2-3-18(29-7-12)33-15-4-5-26-9-14(15)22/h2-3,7-8,10,14-15,26H,4-6,9H2,1H3,(H,30,32)/t14-,15+/m1/s1. The van der Waals surface area contributed by atoms with Gasteiger partial charge < -0.3 is 15.4 Å². The van der Waals surface area contributed by atoms with E-state index in [4.69, 9.17) is 4.74 Å². The molecular formula is C21H20F4N6O2S. The van der Waals surface area contributed by atoms with Gasteiger partial charge in [0.05, 0.1) is 35.0 Å². The minimum Gasteiger partial charge on any atom is -0.471 e. The molecule has 1 saturated heterocycles. The Kier molecular flexibility index (Phi) is 7.03. The van der Waals surface area contributed by atoms with Crippen LogP contribution in [0.25, 0.3) is 0 Å². The zero-order valence-corrected chi connectivity index (χ0v) is 18.7. The number of carbonyl (C=O) groups is 1. The summed E-state index contributed by atoms with van der Waals surface area (Å²) in [5.74, 6) is -0.193. The molecule has 3 aromatic heterocycles. The number of hydrogen-bond donors (Lipinski definition) is 2. The lowest BCUT2D eigenvalue weighted by molar-refractivity contribution is -0.141. The van der Waals surface area contributed by atoms with Crippen LogP contribution in [0.15, 0.2) is 30.7 Å². The smallest absolute Gasteiger partial charge is 0.434 e. The lowest BCUT2D eigenvalue weighted by atomic mass is 10.1. The summed E-state index contributed by atoms with van der Waals surface area (Å²) in [5.41, 5.74) is 0.368. The van der Waals surface area contributed by atoms with Gasteiger partial charge in [-0.05, 0) is 37.5 Å². The molecule has 0 aromatic carbocycles. The zero-order chi connectivity index (χ0) is 24.3. The minimum atomic E-state index is -4.58. The van der Waals surface area contributed by atoms with Crippen LogP contribution in [0.3, 0.4) is 0 Å². The van der Waals surface area contributed by atoms with Gasteiger partial charge in [0, 0.05) is 30.1 Å². The van der Waals surface area contributed by atoms with Crippen LogP contribution in [-0.4, -0.2) is 50.6 Å². The van der Waals surface area contributed by atoms with Gasteiger partial charge in [-0.3, -0.25) is 9.78 Å². The Labute approximate surface area is 196 Å². The number of ether oxygens (including phenoxy) is 1. The molecule has 13 heteroatoms. The van der Waals surface area contributed by atoms with Crippen molar-refractivity contribution < 1.29 is 27.1 Å². The van der Waals surface area contributed by atoms with Gasteiger partial charge in [-0.1, -0.05) is 0 Å². The largest absolute Gasteiger partial charge is 0.471 e. The summed E-state index contributed by atoms with van der Waals surface area (Å²) in [6.45, 7) is 2.55. The molecule has 4 rings (SSSR count). The van der Waals surface area contributed by atoms with Crippen molar-refractivity contribution in [2.75, 3.05) is 18.4 Å². The molecule has 1 amide bonds. The van der Waals surface area contributed by atoms with Gasteiger partial charge in [0.25, 0.3) is 5.91 Å². The molecule has 4 heterocycles. The Morgan fingerprint density at radius 1 is 1.24 bits per heavy atom. The van der Waals surface area contributed by atoms with E-state index in [2.05, 4.69) is 30.0 Å². The average Bonchev–Trinajstić information content (AvgIpc) is 3.16. The molecular weight excluding hydrogens is 476 g/mol. The Morgan fingerprint density at radius 2 is 2.06 bits per heavy atom. The Morgan fingerprint density at radius 3 is 2.71 bits per heavy atom. The molecule has 0 saturated carbocycles. The number of aromatic nitrogens is 4. The van der Waals surface area contributed by atoms with Crippen molar-refractivity contribution in [3.05, 3.63) is 58.2 Å². The molecule has 180 valence electrons. The third-order valence-electron chi connectivity index (χ3n) is 5.11. The second kappa shape index (κ2) is 9.97. The number of carbonyl (C=O) groups excluding carboxylic acids is 1. The van der Waals surface area contributed by atoms with Crippen molar-refractivity contribution in [3.8, 4) is 5.88 Å². The fourth-order valence-corrected chi connectivity index (χ4v) is 4.27. The van der Waals surface area contributed by atoms with Crippen LogP contribution >= 0.6 is 11.5 Å². The van der Waals surface area contributed by atoms with E-state index in [-0.39, 0.29) is 24.5 Å². The van der Waals surface area contributed by atoms with E-state index in [9.17, 15) is 22.4 Å². The van der Waals surface area contributed by atoms with Gasteiger partial charge in [0.1, 0.15) is 12.3 Å². The molecule has 1 aliphatic rings. The third-order valence-corrected chi connectivity index (χ3v) is 6.05. The topological polar surface area (TPSA) is 102 Å². The molecule has 0 bridgehead atoms. The SMILES string of the molecule is Cc1nsc(Cc2cnc(C(F)(F)F)cn2)c1C(=O)Nc1ccc(O[C@H]2CCNC[C@H]2F)nc1. The first-order valence-electron chi connectivity index (χ1n) is 10.3. The highest BCUT2D eigenvalue weighted by atomic mass is 32.1. The van der Waals surface area contributed by atoms with E-state index in [1.807, 2.05) is 0 Å². The summed E-state index contributed by atoms with van der Waals surface area (Å²) >= 11 is 1.06. The maximum Gasteiger partial charge on any atom is 0.434 e. The third kappa shape index (κ3) is 5.65. The first-order valence-corrected chi connectivity index (χ1v) is 11.1. The number of alkyl halides is 4. The van der Waals surface area contributed by atoms with Crippen molar-refractivity contribution in [1.29, 1.82) is 0 Å². The second-order valence-corrected chi connectivity index (χ2v) is 8.50. The Balaban J connectivity index is 1.42. The Hall–Kier alpha value is -3.19. The zero-order valence-electron chi connectivity index (χ0n) is 17.9. The van der Waals surface area contributed by atoms with Crippen LogP contribution in [-0.2, 0) is 12.6 Å². The molecule has 0 aliphatic carbocycles. The van der Waals surface area contributed by atoms with E-state index in [1.54, 1.807) is 19.1 Å². The second-order valence-electron chi connectivity index (χ2n) is 7.64. The van der Waals surface area contributed by atoms with Crippen LogP contribution < -0.4 is 15.4 Å². The summed E-state index contributed by atoms with van der Waals surface area (Å²) < 4.78 is 61.8. The maximum atomic E-state index is 13.9. The number of anilines is 1. The molecule has 2 atom stereocenters. The number of nitrogens with zero attached hydrogens (tertiary/aromatic N) is 4. The predicted octanol–water partition coefficient (Wildman–Crippen LogP) is 3.58. The van der Waals surface area contributed by atoms with Gasteiger partial charge in [-0.15, -0.1) is 0 Å². The molecule has 1 aliphatic heterocycles. The van der Waals surface area contributed by atoms with Gasteiger partial charge in [-0.2, -0.15) is 17.5 Å². The average molecular weight is 496 g/mol. The summed E-state index contributed by atoms with van der Waals surface area (Å²) in [5, 5.41) is 5.67. The number of nitrogens with one attached hydrogen (secondary N) is 2. The number of amides is 1. The van der Waals surface area contributed by atoms with Crippen LogP contribution in [0.4, 0.5) is 23.2 Å². The lowest BCUT2D eigenvalue weighted by Gasteiger charge is -2.26. The Bertz CT molecular complexity index is 1140. The van der Waals surface area contributed by atoms with Crippen molar-refractivity contribution >= 4 is 23.1 Å². The molecule has 2 N–H and O–H groups in total. The lowest BCUT2D eigenvalue weighted by Crippen LogP contribution is -2.44. The van der Waals surface area contributed by atoms with Crippen molar-refractivity contribution in [1.82, 2.24) is 24.6 Å². The summed E-state index contributed by atoms with van der Waals surface area (Å²) in [4.78, 5) is 24.8. The van der Waals surface area contributed by atoms with Crippen molar-refractivity contribution in [2.45, 2.75) is 38.2 Å². The summed E-state index contributed by atoms with van der Waals surface area (Å²) in [7, 11) is 0. The molecule has 0 spiro atoms. The van der Waals surface area contributed by atoms with Gasteiger partial charge >= 0.3 is 6.18 Å². The molecule has 3 aromatic rings. The molecule has 0 unspecified atom stereocenters. The highest BCUT2D eigenvalue weighted by Crippen LogP contribution is 2.28. The number of pyridine rings is 1. The minimum absolute atomic E-state index is 0.102. The van der Waals surface area contributed by atoms with E-state index in [0.29, 0.717) is 41.0 Å². The number of halogens is 4. The molecule has 1 fully saturated rings. The first kappa shape index (κ1) is 24.0. The van der Waals surface area contributed by atoms with Crippen LogP contribution in [0.2, 0.25) is 0 Å². The molecule has 8 nitrogen and oxygen atoms in total. The van der Waals surface area contributed by atoms with Gasteiger partial charge in [-0.25, -0.2) is 14.4 Å².